The van der Waals surface area contributed by atoms with E-state index in [1.54, 1.807) is 24.4 Å². The zero-order valence-electron chi connectivity index (χ0n) is 11.6. The Labute approximate surface area is 122 Å². The van der Waals surface area contributed by atoms with Crippen molar-refractivity contribution in [3.8, 4) is 0 Å². The zero-order valence-corrected chi connectivity index (χ0v) is 12.4. The number of carbonyl (C=O) groups excluding carboxylic acids is 1. The molecule has 3 N–H and O–H groups in total. The normalized spacial score (nSPS) is 17.4. The number of aromatic nitrogens is 1. The summed E-state index contributed by atoms with van der Waals surface area (Å²) >= 11 is 0. The maximum atomic E-state index is 12.2. The quantitative estimate of drug-likeness (QED) is 0.807. The van der Waals surface area contributed by atoms with Crippen LogP contribution in [0.25, 0.3) is 0 Å². The number of rotatable bonds is 3. The third-order valence-electron chi connectivity index (χ3n) is 3.49. The van der Waals surface area contributed by atoms with Gasteiger partial charge < -0.3 is 10.3 Å². The first-order chi connectivity index (χ1) is 9.85. The number of anilines is 2. The minimum Gasteiger partial charge on any atom is -0.365 e. The minimum atomic E-state index is -3.35. The summed E-state index contributed by atoms with van der Waals surface area (Å²) in [5, 5.41) is 2.82. The molecule has 0 radical (unpaired) electrons. The van der Waals surface area contributed by atoms with Crippen LogP contribution in [0.5, 0.6) is 0 Å². The second kappa shape index (κ2) is 4.63. The molecule has 3 rings (SSSR count). The molecule has 1 aromatic carbocycles. The molecular formula is C14H15N3O3S. The van der Waals surface area contributed by atoms with Crippen LogP contribution in [0, 0.1) is 6.92 Å². The fourth-order valence-electron chi connectivity index (χ4n) is 2.63. The molecule has 2 heterocycles. The van der Waals surface area contributed by atoms with Crippen LogP contribution in [0.2, 0.25) is 0 Å². The fraction of sp³-hybridized carbons (Fsp3) is 0.214. The molecule has 21 heavy (non-hydrogen) atoms. The van der Waals surface area contributed by atoms with Crippen LogP contribution in [-0.2, 0) is 14.8 Å². The van der Waals surface area contributed by atoms with Gasteiger partial charge in [0, 0.05) is 23.3 Å². The highest BCUT2D eigenvalue weighted by Crippen LogP contribution is 2.39. The van der Waals surface area contributed by atoms with Crippen LogP contribution < -0.4 is 10.0 Å². The van der Waals surface area contributed by atoms with E-state index in [4.69, 9.17) is 0 Å². The second-order valence-corrected chi connectivity index (χ2v) is 6.90. The van der Waals surface area contributed by atoms with E-state index in [1.807, 2.05) is 13.0 Å². The number of carbonyl (C=O) groups is 1. The first-order valence-corrected chi connectivity index (χ1v) is 8.31. The van der Waals surface area contributed by atoms with E-state index in [9.17, 15) is 13.2 Å². The van der Waals surface area contributed by atoms with Gasteiger partial charge in [-0.1, -0.05) is 0 Å². The summed E-state index contributed by atoms with van der Waals surface area (Å²) in [7, 11) is -3.35. The van der Waals surface area contributed by atoms with Crippen molar-refractivity contribution in [3.05, 3.63) is 47.3 Å². The molecule has 0 saturated heterocycles. The first-order valence-electron chi connectivity index (χ1n) is 6.41. The van der Waals surface area contributed by atoms with E-state index >= 15 is 0 Å². The summed E-state index contributed by atoms with van der Waals surface area (Å²) in [5.74, 6) is -0.531. The van der Waals surface area contributed by atoms with Crippen molar-refractivity contribution in [2.45, 2.75) is 12.8 Å². The maximum absolute atomic E-state index is 12.2. The molecule has 1 aliphatic heterocycles. The Kier molecular flexibility index (Phi) is 3.02. The zero-order chi connectivity index (χ0) is 15.2. The number of aryl methyl sites for hydroxylation is 1. The molecule has 110 valence electrons. The summed E-state index contributed by atoms with van der Waals surface area (Å²) in [6.45, 7) is 1.90. The van der Waals surface area contributed by atoms with E-state index in [2.05, 4.69) is 15.0 Å². The van der Waals surface area contributed by atoms with Crippen molar-refractivity contribution in [1.82, 2.24) is 4.98 Å². The van der Waals surface area contributed by atoms with Gasteiger partial charge in [-0.25, -0.2) is 8.42 Å². The van der Waals surface area contributed by atoms with Crippen molar-refractivity contribution in [3.63, 3.8) is 0 Å². The lowest BCUT2D eigenvalue weighted by atomic mass is 9.92. The molecule has 1 aliphatic rings. The molecule has 1 atom stereocenters. The van der Waals surface area contributed by atoms with E-state index in [0.29, 0.717) is 11.4 Å². The Bertz CT molecular complexity index is 824. The Morgan fingerprint density at radius 2 is 1.95 bits per heavy atom. The number of aromatic amines is 1. The number of fused-ring (bicyclic) bond motifs is 1. The minimum absolute atomic E-state index is 0.107. The van der Waals surface area contributed by atoms with Crippen molar-refractivity contribution in [1.29, 1.82) is 0 Å². The van der Waals surface area contributed by atoms with Gasteiger partial charge in [-0.3, -0.25) is 9.52 Å². The number of hydrogen-bond acceptors (Lipinski definition) is 3. The Hall–Kier alpha value is -2.28. The second-order valence-electron chi connectivity index (χ2n) is 5.16. The summed E-state index contributed by atoms with van der Waals surface area (Å²) < 4.78 is 25.1. The van der Waals surface area contributed by atoms with Gasteiger partial charge in [0.15, 0.2) is 0 Å². The Morgan fingerprint density at radius 3 is 2.57 bits per heavy atom. The first kappa shape index (κ1) is 13.7. The molecule has 1 aromatic heterocycles. The topological polar surface area (TPSA) is 91.1 Å². The number of amides is 1. The van der Waals surface area contributed by atoms with Crippen LogP contribution in [-0.4, -0.2) is 25.6 Å². The van der Waals surface area contributed by atoms with E-state index < -0.39 is 15.9 Å². The Morgan fingerprint density at radius 1 is 1.19 bits per heavy atom. The van der Waals surface area contributed by atoms with Gasteiger partial charge in [0.25, 0.3) is 0 Å². The largest absolute Gasteiger partial charge is 0.365 e. The standard InChI is InChI=1S/C14H15N3O3S/c1-8-10(5-6-15-8)13-11-7-9(17-21(2,19)20)3-4-12(11)16-14(13)18/h3-7,13,15,17H,1-2H3,(H,16,18). The predicted molar refractivity (Wildman–Crippen MR) is 80.9 cm³/mol. The smallest absolute Gasteiger partial charge is 0.236 e. The van der Waals surface area contributed by atoms with Crippen LogP contribution in [0.3, 0.4) is 0 Å². The molecule has 0 spiro atoms. The van der Waals surface area contributed by atoms with Crippen molar-refractivity contribution in [2.75, 3.05) is 16.3 Å². The molecule has 1 unspecified atom stereocenters. The molecule has 6 nitrogen and oxygen atoms in total. The van der Waals surface area contributed by atoms with Crippen LogP contribution >= 0.6 is 0 Å². The van der Waals surface area contributed by atoms with Gasteiger partial charge >= 0.3 is 0 Å². The third kappa shape index (κ3) is 2.52. The Balaban J connectivity index is 2.07. The molecule has 0 bridgehead atoms. The highest BCUT2D eigenvalue weighted by Gasteiger charge is 2.33. The highest BCUT2D eigenvalue weighted by atomic mass is 32.2. The van der Waals surface area contributed by atoms with Gasteiger partial charge in [-0.15, -0.1) is 0 Å². The molecule has 2 aromatic rings. The van der Waals surface area contributed by atoms with Crippen LogP contribution in [0.1, 0.15) is 22.7 Å². The highest BCUT2D eigenvalue weighted by molar-refractivity contribution is 7.92. The number of benzene rings is 1. The molecule has 0 saturated carbocycles. The van der Waals surface area contributed by atoms with Gasteiger partial charge in [0.1, 0.15) is 0 Å². The number of hydrogen-bond donors (Lipinski definition) is 3. The summed E-state index contributed by atoms with van der Waals surface area (Å²) in [6.07, 6.45) is 2.88. The number of H-pyrrole nitrogens is 1. The van der Waals surface area contributed by atoms with Gasteiger partial charge in [0.2, 0.25) is 15.9 Å². The third-order valence-corrected chi connectivity index (χ3v) is 4.10. The molecule has 1 amide bonds. The lowest BCUT2D eigenvalue weighted by molar-refractivity contribution is -0.116. The summed E-state index contributed by atoms with van der Waals surface area (Å²) in [6, 6.07) is 6.91. The van der Waals surface area contributed by atoms with Gasteiger partial charge in [0.05, 0.1) is 12.2 Å². The molecular weight excluding hydrogens is 290 g/mol. The van der Waals surface area contributed by atoms with Crippen LogP contribution in [0.15, 0.2) is 30.5 Å². The molecule has 0 aliphatic carbocycles. The maximum Gasteiger partial charge on any atom is 0.236 e. The lowest BCUT2D eigenvalue weighted by Gasteiger charge is -2.10. The average molecular weight is 305 g/mol. The lowest BCUT2D eigenvalue weighted by Crippen LogP contribution is -2.13. The summed E-state index contributed by atoms with van der Waals surface area (Å²) in [4.78, 5) is 15.3. The van der Waals surface area contributed by atoms with Crippen molar-refractivity contribution >= 4 is 27.3 Å². The average Bonchev–Trinajstić information content (AvgIpc) is 2.90. The number of sulfonamides is 1. The monoisotopic (exact) mass is 305 g/mol. The van der Waals surface area contributed by atoms with E-state index in [0.717, 1.165) is 23.1 Å². The van der Waals surface area contributed by atoms with Gasteiger partial charge in [-0.05, 0) is 42.3 Å². The van der Waals surface area contributed by atoms with E-state index in [-0.39, 0.29) is 5.91 Å². The molecule has 0 fully saturated rings. The van der Waals surface area contributed by atoms with Crippen molar-refractivity contribution in [2.24, 2.45) is 0 Å². The predicted octanol–water partition coefficient (Wildman–Crippen LogP) is 1.78. The van der Waals surface area contributed by atoms with Crippen molar-refractivity contribution < 1.29 is 13.2 Å². The fourth-order valence-corrected chi connectivity index (χ4v) is 3.18. The van der Waals surface area contributed by atoms with Crippen LogP contribution in [0.4, 0.5) is 11.4 Å². The molecule has 7 heteroatoms. The van der Waals surface area contributed by atoms with E-state index in [1.165, 1.54) is 0 Å². The van der Waals surface area contributed by atoms with Gasteiger partial charge in [-0.2, -0.15) is 0 Å². The number of nitrogens with one attached hydrogen (secondary N) is 3. The summed E-state index contributed by atoms with van der Waals surface area (Å²) in [5.41, 5.74) is 3.75. The SMILES string of the molecule is Cc1[nH]ccc1C1C(=O)Nc2ccc(NS(C)(=O)=O)cc21.